The molecule has 1 aliphatic rings. The maximum absolute atomic E-state index is 10.1. The maximum Gasteiger partial charge on any atom is 0.126 e. The van der Waals surface area contributed by atoms with Crippen molar-refractivity contribution in [3.63, 3.8) is 0 Å². The third kappa shape index (κ3) is 6.60. The van der Waals surface area contributed by atoms with Crippen LogP contribution in [0.1, 0.15) is 33.1 Å². The third-order valence-corrected chi connectivity index (χ3v) is 5.35. The molecular formula is C19H31ClNO3+. The van der Waals surface area contributed by atoms with Gasteiger partial charge in [0.1, 0.15) is 25.0 Å². The molecule has 1 aromatic carbocycles. The SMILES string of the molecule is C[C@@H]1[C@H](C)CCC[C@@H]1[NH2+]C[C@H](O)COCCOc1ccc(Cl)cc1. The van der Waals surface area contributed by atoms with Crippen molar-refractivity contribution in [3.05, 3.63) is 29.3 Å². The number of hydrogen-bond acceptors (Lipinski definition) is 3. The van der Waals surface area contributed by atoms with E-state index in [0.29, 0.717) is 37.4 Å². The average Bonchev–Trinajstić information content (AvgIpc) is 2.57. The number of hydrogen-bond donors (Lipinski definition) is 2. The molecule has 0 heterocycles. The van der Waals surface area contributed by atoms with Gasteiger partial charge in [0, 0.05) is 10.9 Å². The van der Waals surface area contributed by atoms with E-state index >= 15 is 0 Å². The lowest BCUT2D eigenvalue weighted by Crippen LogP contribution is -2.93. The van der Waals surface area contributed by atoms with Gasteiger partial charge in [-0.15, -0.1) is 0 Å². The fraction of sp³-hybridized carbons (Fsp3) is 0.684. The van der Waals surface area contributed by atoms with Crippen LogP contribution in [0, 0.1) is 11.8 Å². The van der Waals surface area contributed by atoms with Crippen LogP contribution in [0.2, 0.25) is 5.02 Å². The third-order valence-electron chi connectivity index (χ3n) is 5.10. The monoisotopic (exact) mass is 356 g/mol. The van der Waals surface area contributed by atoms with E-state index in [1.807, 2.05) is 12.1 Å². The van der Waals surface area contributed by atoms with Crippen molar-refractivity contribution in [3.8, 4) is 5.75 Å². The Kier molecular flexibility index (Phi) is 8.33. The minimum absolute atomic E-state index is 0.358. The fourth-order valence-corrected chi connectivity index (χ4v) is 3.45. The van der Waals surface area contributed by atoms with Gasteiger partial charge in [0.2, 0.25) is 0 Å². The summed E-state index contributed by atoms with van der Waals surface area (Å²) < 4.78 is 11.1. The molecule has 1 aromatic rings. The van der Waals surface area contributed by atoms with Crippen LogP contribution in [0.4, 0.5) is 0 Å². The Bertz CT molecular complexity index is 468. The minimum atomic E-state index is -0.426. The standard InChI is InChI=1S/C19H30ClNO3/c1-14-4-3-5-19(15(14)2)21-12-17(22)13-23-10-11-24-18-8-6-16(20)7-9-18/h6-9,14-15,17,19,21-22H,3-5,10-13H2,1-2H3/p+1/t14-,15-,17+,19+/m1/s1. The number of rotatable bonds is 9. The van der Waals surface area contributed by atoms with E-state index in [-0.39, 0.29) is 0 Å². The zero-order chi connectivity index (χ0) is 17.4. The molecule has 4 atom stereocenters. The highest BCUT2D eigenvalue weighted by Crippen LogP contribution is 2.27. The van der Waals surface area contributed by atoms with Crippen LogP contribution in [-0.2, 0) is 4.74 Å². The highest BCUT2D eigenvalue weighted by atomic mass is 35.5. The first-order valence-electron chi connectivity index (χ1n) is 9.03. The van der Waals surface area contributed by atoms with Crippen LogP contribution in [0.25, 0.3) is 0 Å². The number of nitrogens with two attached hydrogens (primary N) is 1. The molecule has 136 valence electrons. The molecule has 0 aromatic heterocycles. The Balaban J connectivity index is 1.53. The smallest absolute Gasteiger partial charge is 0.126 e. The summed E-state index contributed by atoms with van der Waals surface area (Å²) in [7, 11) is 0. The van der Waals surface area contributed by atoms with E-state index in [9.17, 15) is 5.11 Å². The summed E-state index contributed by atoms with van der Waals surface area (Å²) in [5.74, 6) is 2.29. The molecule has 0 radical (unpaired) electrons. The van der Waals surface area contributed by atoms with Gasteiger partial charge in [-0.25, -0.2) is 0 Å². The highest BCUT2D eigenvalue weighted by molar-refractivity contribution is 6.30. The van der Waals surface area contributed by atoms with Crippen molar-refractivity contribution in [2.24, 2.45) is 11.8 Å². The molecule has 4 nitrogen and oxygen atoms in total. The number of aliphatic hydroxyl groups excluding tert-OH is 1. The summed E-state index contributed by atoms with van der Waals surface area (Å²) in [4.78, 5) is 0. The van der Waals surface area contributed by atoms with Crippen molar-refractivity contribution in [2.45, 2.75) is 45.3 Å². The van der Waals surface area contributed by atoms with E-state index in [0.717, 1.165) is 17.6 Å². The van der Waals surface area contributed by atoms with Crippen LogP contribution in [0.3, 0.4) is 0 Å². The Hall–Kier alpha value is -0.810. The first-order chi connectivity index (χ1) is 11.6. The maximum atomic E-state index is 10.1. The summed E-state index contributed by atoms with van der Waals surface area (Å²) in [6.45, 7) is 6.68. The molecule has 2 rings (SSSR count). The van der Waals surface area contributed by atoms with E-state index in [4.69, 9.17) is 21.1 Å². The van der Waals surface area contributed by atoms with Gasteiger partial charge in [-0.2, -0.15) is 0 Å². The Morgan fingerprint density at radius 3 is 2.71 bits per heavy atom. The Labute approximate surface area is 150 Å². The van der Waals surface area contributed by atoms with Gasteiger partial charge in [-0.05, 0) is 49.4 Å². The van der Waals surface area contributed by atoms with Gasteiger partial charge in [0.05, 0.1) is 19.3 Å². The Morgan fingerprint density at radius 2 is 1.96 bits per heavy atom. The Morgan fingerprint density at radius 1 is 1.21 bits per heavy atom. The topological polar surface area (TPSA) is 55.3 Å². The molecule has 24 heavy (non-hydrogen) atoms. The number of quaternary nitrogens is 1. The summed E-state index contributed by atoms with van der Waals surface area (Å²) in [5.41, 5.74) is 0. The van der Waals surface area contributed by atoms with Crippen LogP contribution in [0.15, 0.2) is 24.3 Å². The second-order valence-electron chi connectivity index (χ2n) is 6.93. The molecule has 0 saturated heterocycles. The lowest BCUT2D eigenvalue weighted by atomic mass is 9.78. The molecule has 0 bridgehead atoms. The second-order valence-corrected chi connectivity index (χ2v) is 7.37. The predicted octanol–water partition coefficient (Wildman–Crippen LogP) is 2.48. The van der Waals surface area contributed by atoms with Crippen LogP contribution >= 0.6 is 11.6 Å². The molecule has 3 N–H and O–H groups in total. The number of ether oxygens (including phenoxy) is 2. The van der Waals surface area contributed by atoms with Crippen LogP contribution in [0.5, 0.6) is 5.75 Å². The number of aliphatic hydroxyl groups is 1. The first-order valence-corrected chi connectivity index (χ1v) is 9.41. The molecule has 0 amide bonds. The lowest BCUT2D eigenvalue weighted by molar-refractivity contribution is -0.704. The molecule has 1 saturated carbocycles. The predicted molar refractivity (Wildman–Crippen MR) is 96.5 cm³/mol. The number of halogens is 1. The van der Waals surface area contributed by atoms with Crippen LogP contribution in [-0.4, -0.2) is 43.6 Å². The van der Waals surface area contributed by atoms with E-state index in [1.165, 1.54) is 19.3 Å². The summed E-state index contributed by atoms with van der Waals surface area (Å²) in [6, 6.07) is 7.89. The van der Waals surface area contributed by atoms with Crippen LogP contribution < -0.4 is 10.1 Å². The van der Waals surface area contributed by atoms with Crippen molar-refractivity contribution in [1.29, 1.82) is 0 Å². The van der Waals surface area contributed by atoms with Gasteiger partial charge in [0.25, 0.3) is 0 Å². The highest BCUT2D eigenvalue weighted by Gasteiger charge is 2.29. The summed E-state index contributed by atoms with van der Waals surface area (Å²) in [6.07, 6.45) is 3.48. The summed E-state index contributed by atoms with van der Waals surface area (Å²) >= 11 is 5.82. The van der Waals surface area contributed by atoms with Gasteiger partial charge in [-0.1, -0.05) is 25.4 Å². The zero-order valence-corrected chi connectivity index (χ0v) is 15.5. The molecule has 1 aliphatic carbocycles. The van der Waals surface area contributed by atoms with E-state index < -0.39 is 6.10 Å². The quantitative estimate of drug-likeness (QED) is 0.668. The molecule has 1 fully saturated rings. The van der Waals surface area contributed by atoms with Crippen molar-refractivity contribution in [2.75, 3.05) is 26.4 Å². The van der Waals surface area contributed by atoms with Gasteiger partial charge in [0.15, 0.2) is 0 Å². The van der Waals surface area contributed by atoms with Gasteiger partial charge in [-0.3, -0.25) is 0 Å². The number of benzene rings is 1. The average molecular weight is 357 g/mol. The lowest BCUT2D eigenvalue weighted by Gasteiger charge is -2.32. The molecule has 0 unspecified atom stereocenters. The van der Waals surface area contributed by atoms with Crippen molar-refractivity contribution in [1.82, 2.24) is 0 Å². The van der Waals surface area contributed by atoms with Crippen molar-refractivity contribution < 1.29 is 19.9 Å². The van der Waals surface area contributed by atoms with Gasteiger partial charge >= 0.3 is 0 Å². The van der Waals surface area contributed by atoms with Crippen molar-refractivity contribution >= 4 is 11.6 Å². The molecule has 0 spiro atoms. The summed E-state index contributed by atoms with van der Waals surface area (Å²) in [5, 5.41) is 13.1. The minimum Gasteiger partial charge on any atom is -0.491 e. The molecular weight excluding hydrogens is 326 g/mol. The fourth-order valence-electron chi connectivity index (χ4n) is 3.32. The first kappa shape index (κ1) is 19.5. The molecule has 0 aliphatic heterocycles. The van der Waals surface area contributed by atoms with E-state index in [2.05, 4.69) is 19.2 Å². The largest absolute Gasteiger partial charge is 0.491 e. The van der Waals surface area contributed by atoms with Gasteiger partial charge < -0.3 is 19.9 Å². The normalized spacial score (nSPS) is 25.4. The van der Waals surface area contributed by atoms with E-state index in [1.54, 1.807) is 12.1 Å². The zero-order valence-electron chi connectivity index (χ0n) is 14.8. The molecule has 5 heteroatoms. The second kappa shape index (κ2) is 10.2.